The van der Waals surface area contributed by atoms with Gasteiger partial charge in [0.25, 0.3) is 0 Å². The first kappa shape index (κ1) is 26.4. The molecule has 9 nitrogen and oxygen atoms in total. The van der Waals surface area contributed by atoms with Gasteiger partial charge in [-0.2, -0.15) is 0 Å². The molecule has 3 aliphatic rings. The van der Waals surface area contributed by atoms with E-state index in [0.717, 1.165) is 0 Å². The summed E-state index contributed by atoms with van der Waals surface area (Å²) in [7, 11) is 0. The molecule has 0 saturated carbocycles. The van der Waals surface area contributed by atoms with Gasteiger partial charge in [0.1, 0.15) is 11.4 Å². The molecule has 1 saturated heterocycles. The van der Waals surface area contributed by atoms with Crippen LogP contribution in [0.4, 0.5) is 0 Å². The molecule has 2 aromatic carbocycles. The molecule has 2 aromatic rings. The number of phenols is 1. The van der Waals surface area contributed by atoms with E-state index in [-0.39, 0.29) is 59.5 Å². The lowest BCUT2D eigenvalue weighted by Gasteiger charge is -2.41. The second kappa shape index (κ2) is 9.33. The minimum atomic E-state index is -1.81. The first-order valence-electron chi connectivity index (χ1n) is 11.6. The zero-order valence-corrected chi connectivity index (χ0v) is 20.6. The van der Waals surface area contributed by atoms with Gasteiger partial charge < -0.3 is 30.5 Å². The molecule has 1 fully saturated rings. The number of Topliss-reactive ketones (excluding diaryl/α,β-unsaturated/α-hetero) is 1. The number of aliphatic hydroxyl groups excluding tert-OH is 1. The van der Waals surface area contributed by atoms with Crippen LogP contribution < -0.4 is 5.73 Å². The first-order valence-corrected chi connectivity index (χ1v) is 11.6. The summed E-state index contributed by atoms with van der Waals surface area (Å²) in [6.07, 6.45) is -3.61. The maximum absolute atomic E-state index is 13.3. The number of carbonyl (C=O) groups is 3. The maximum atomic E-state index is 13.3. The molecule has 0 amide bonds. The summed E-state index contributed by atoms with van der Waals surface area (Å²) in [5.41, 5.74) is 5.09. The predicted octanol–water partition coefficient (Wildman–Crippen LogP) is 1.74. The van der Waals surface area contributed by atoms with Crippen LogP contribution in [-0.2, 0) is 20.7 Å². The minimum Gasteiger partial charge on any atom is -0.507 e. The molecule has 1 aliphatic heterocycles. The van der Waals surface area contributed by atoms with Crippen molar-refractivity contribution in [3.05, 3.63) is 63.7 Å². The lowest BCUT2D eigenvalue weighted by atomic mass is 9.72. The molecule has 5 N–H and O–H groups in total. The highest BCUT2D eigenvalue weighted by molar-refractivity contribution is 6.29. The van der Waals surface area contributed by atoms with E-state index in [1.165, 1.54) is 19.1 Å². The highest BCUT2D eigenvalue weighted by atomic mass is 35.5. The standard InChI is InChI=1S/C26H27NO8.ClH/c1-11-22(29)17(27)8-19(34-11)35-18-10-26(33,12(2)28)9-13-7-16-21(25(32)20(13)18)24(31)15-6-4-3-5-14(15)23(16)30;/h3-7,11,17-19,22,29,32-33H,8-10,27H2,1-2H3;1H/t11-,17-,18-,19-,22+,26-;/m0./s1. The molecule has 0 unspecified atom stereocenters. The average molecular weight is 518 g/mol. The number of nitrogens with two attached hydrogens (primary N) is 1. The minimum absolute atomic E-state index is 0. The van der Waals surface area contributed by atoms with E-state index < -0.39 is 59.3 Å². The van der Waals surface area contributed by atoms with Gasteiger partial charge in [-0.25, -0.2) is 0 Å². The van der Waals surface area contributed by atoms with E-state index in [2.05, 4.69) is 0 Å². The number of ether oxygens (including phenoxy) is 2. The smallest absolute Gasteiger partial charge is 0.198 e. The van der Waals surface area contributed by atoms with Crippen molar-refractivity contribution in [3.8, 4) is 5.75 Å². The Morgan fingerprint density at radius 3 is 2.42 bits per heavy atom. The molecule has 10 heteroatoms. The van der Waals surface area contributed by atoms with Crippen LogP contribution >= 0.6 is 12.4 Å². The Morgan fingerprint density at radius 2 is 1.81 bits per heavy atom. The number of hydrogen-bond donors (Lipinski definition) is 4. The van der Waals surface area contributed by atoms with Crippen LogP contribution in [0.5, 0.6) is 5.75 Å². The normalized spacial score (nSPS) is 31.1. The van der Waals surface area contributed by atoms with Crippen molar-refractivity contribution in [1.29, 1.82) is 0 Å². The molecule has 5 rings (SSSR count). The van der Waals surface area contributed by atoms with Gasteiger partial charge in [0, 0.05) is 47.6 Å². The Labute approximate surface area is 213 Å². The number of halogens is 1. The number of fused-ring (bicyclic) bond motifs is 3. The van der Waals surface area contributed by atoms with Crippen molar-refractivity contribution in [3.63, 3.8) is 0 Å². The van der Waals surface area contributed by atoms with Gasteiger partial charge in [-0.15, -0.1) is 12.4 Å². The number of aromatic hydroxyl groups is 1. The Morgan fingerprint density at radius 1 is 1.17 bits per heavy atom. The summed E-state index contributed by atoms with van der Waals surface area (Å²) in [4.78, 5) is 38.9. The number of rotatable bonds is 3. The SMILES string of the molecule is CC(=O)[C@]1(O)Cc2cc3c(c(O)c2[C@@H](O[C@H]2C[C@H](N)[C@H](O)[C@H](C)O2)C1)C(=O)c1ccccc1C3=O.Cl. The van der Waals surface area contributed by atoms with E-state index in [9.17, 15) is 29.7 Å². The third-order valence-electron chi connectivity index (χ3n) is 7.36. The first-order chi connectivity index (χ1) is 16.5. The summed E-state index contributed by atoms with van der Waals surface area (Å²) < 4.78 is 11.8. The molecule has 6 atom stereocenters. The van der Waals surface area contributed by atoms with Crippen LogP contribution in [0.1, 0.15) is 75.8 Å². The average Bonchev–Trinajstić information content (AvgIpc) is 2.80. The van der Waals surface area contributed by atoms with Crippen LogP contribution in [0.3, 0.4) is 0 Å². The molecule has 2 aliphatic carbocycles. The summed E-state index contributed by atoms with van der Waals surface area (Å²) in [5, 5.41) is 32.6. The van der Waals surface area contributed by atoms with Gasteiger partial charge >= 0.3 is 0 Å². The Bertz CT molecular complexity index is 1250. The molecule has 0 spiro atoms. The van der Waals surface area contributed by atoms with Gasteiger partial charge in [-0.3, -0.25) is 14.4 Å². The van der Waals surface area contributed by atoms with Gasteiger partial charge in [-0.1, -0.05) is 24.3 Å². The van der Waals surface area contributed by atoms with Crippen molar-refractivity contribution in [2.45, 2.75) is 69.4 Å². The van der Waals surface area contributed by atoms with Crippen molar-refractivity contribution in [2.24, 2.45) is 5.73 Å². The molecular weight excluding hydrogens is 490 g/mol. The summed E-state index contributed by atoms with van der Waals surface area (Å²) >= 11 is 0. The Hall–Kier alpha value is -2.66. The zero-order chi connectivity index (χ0) is 25.2. The van der Waals surface area contributed by atoms with E-state index in [4.69, 9.17) is 15.2 Å². The Kier molecular flexibility index (Phi) is 6.85. The number of aliphatic hydroxyl groups is 2. The third kappa shape index (κ3) is 4.06. The van der Waals surface area contributed by atoms with Gasteiger partial charge in [0.15, 0.2) is 23.6 Å². The van der Waals surface area contributed by atoms with E-state index >= 15 is 0 Å². The highest BCUT2D eigenvalue weighted by Gasteiger charge is 2.47. The fourth-order valence-electron chi connectivity index (χ4n) is 5.35. The number of carbonyl (C=O) groups excluding carboxylic acids is 3. The molecular formula is C26H28ClNO8. The monoisotopic (exact) mass is 517 g/mol. The zero-order valence-electron chi connectivity index (χ0n) is 19.8. The van der Waals surface area contributed by atoms with Gasteiger partial charge in [-0.05, 0) is 25.5 Å². The van der Waals surface area contributed by atoms with E-state index in [1.807, 2.05) is 0 Å². The van der Waals surface area contributed by atoms with E-state index in [1.54, 1.807) is 25.1 Å². The Balaban J connectivity index is 0.00000304. The predicted molar refractivity (Wildman–Crippen MR) is 129 cm³/mol. The molecule has 192 valence electrons. The molecule has 1 heterocycles. The second-order valence-corrected chi connectivity index (χ2v) is 9.68. The van der Waals surface area contributed by atoms with Crippen LogP contribution in [0.25, 0.3) is 0 Å². The summed E-state index contributed by atoms with van der Waals surface area (Å²) in [5.74, 6) is -1.82. The van der Waals surface area contributed by atoms with Gasteiger partial charge in [0.2, 0.25) is 0 Å². The van der Waals surface area contributed by atoms with Crippen LogP contribution in [0.15, 0.2) is 30.3 Å². The second-order valence-electron chi connectivity index (χ2n) is 9.68. The number of hydrogen-bond acceptors (Lipinski definition) is 9. The van der Waals surface area contributed by atoms with Crippen LogP contribution in [0, 0.1) is 0 Å². The topological polar surface area (TPSA) is 156 Å². The summed E-state index contributed by atoms with van der Waals surface area (Å²) in [6, 6.07) is 7.21. The lowest BCUT2D eigenvalue weighted by molar-refractivity contribution is -0.247. The number of phenolic OH excluding ortho intramolecular Hbond substituents is 1. The highest BCUT2D eigenvalue weighted by Crippen LogP contribution is 2.48. The quantitative estimate of drug-likeness (QED) is 0.406. The summed E-state index contributed by atoms with van der Waals surface area (Å²) in [6.45, 7) is 2.91. The van der Waals surface area contributed by atoms with Gasteiger partial charge in [0.05, 0.1) is 23.9 Å². The number of ketones is 3. The van der Waals surface area contributed by atoms with Crippen molar-refractivity contribution in [1.82, 2.24) is 0 Å². The maximum Gasteiger partial charge on any atom is 0.198 e. The van der Waals surface area contributed by atoms with Crippen molar-refractivity contribution in [2.75, 3.05) is 0 Å². The largest absolute Gasteiger partial charge is 0.507 e. The number of benzene rings is 2. The van der Waals surface area contributed by atoms with Crippen molar-refractivity contribution >= 4 is 29.8 Å². The van der Waals surface area contributed by atoms with Crippen LogP contribution in [-0.4, -0.2) is 62.8 Å². The lowest BCUT2D eigenvalue weighted by Crippen LogP contribution is -2.52. The fraction of sp³-hybridized carbons (Fsp3) is 0.423. The van der Waals surface area contributed by atoms with E-state index in [0.29, 0.717) is 5.56 Å². The molecule has 0 bridgehead atoms. The molecule has 36 heavy (non-hydrogen) atoms. The molecule has 0 radical (unpaired) electrons. The van der Waals surface area contributed by atoms with Crippen LogP contribution in [0.2, 0.25) is 0 Å². The third-order valence-corrected chi connectivity index (χ3v) is 7.36. The fourth-order valence-corrected chi connectivity index (χ4v) is 5.35. The molecule has 0 aromatic heterocycles. The van der Waals surface area contributed by atoms with Crippen molar-refractivity contribution < 1.29 is 39.2 Å².